The molecule has 3 aromatic rings. The number of aryl methyl sites for hydroxylation is 4. The van der Waals surface area contributed by atoms with Crippen molar-refractivity contribution in [3.63, 3.8) is 0 Å². The van der Waals surface area contributed by atoms with Crippen molar-refractivity contribution in [1.29, 1.82) is 0 Å². The van der Waals surface area contributed by atoms with Crippen LogP contribution in [0.5, 0.6) is 0 Å². The van der Waals surface area contributed by atoms with Gasteiger partial charge in [0.15, 0.2) is 0 Å². The molecule has 24 heavy (non-hydrogen) atoms. The van der Waals surface area contributed by atoms with Crippen LogP contribution < -0.4 is 5.32 Å². The van der Waals surface area contributed by atoms with Crippen LogP contribution >= 0.6 is 11.3 Å². The van der Waals surface area contributed by atoms with Crippen LogP contribution in [-0.2, 0) is 19.4 Å². The topological polar surface area (TPSA) is 46.9 Å². The first-order valence-electron chi connectivity index (χ1n) is 8.54. The van der Waals surface area contributed by atoms with E-state index >= 15 is 0 Å². The second-order valence-electron chi connectivity index (χ2n) is 6.32. The van der Waals surface area contributed by atoms with Gasteiger partial charge in [-0.3, -0.25) is 4.79 Å². The summed E-state index contributed by atoms with van der Waals surface area (Å²) in [6.45, 7) is 3.59. The molecule has 0 unspecified atom stereocenters. The maximum absolute atomic E-state index is 12.3. The summed E-state index contributed by atoms with van der Waals surface area (Å²) in [7, 11) is 0. The van der Waals surface area contributed by atoms with Crippen LogP contribution in [0.2, 0.25) is 0 Å². The van der Waals surface area contributed by atoms with E-state index in [4.69, 9.17) is 0 Å². The summed E-state index contributed by atoms with van der Waals surface area (Å²) in [5.74, 6) is 1.10. The Hall–Kier alpha value is -2.14. The third kappa shape index (κ3) is 2.84. The highest BCUT2D eigenvalue weighted by Gasteiger charge is 2.18. The Kier molecular flexibility index (Phi) is 4.10. The van der Waals surface area contributed by atoms with Crippen molar-refractivity contribution in [2.24, 2.45) is 0 Å². The van der Waals surface area contributed by atoms with Gasteiger partial charge in [-0.1, -0.05) is 12.1 Å². The molecule has 0 bridgehead atoms. The van der Waals surface area contributed by atoms with Gasteiger partial charge in [-0.05, 0) is 56.4 Å². The molecule has 0 fully saturated rings. The molecule has 1 aromatic carbocycles. The Morgan fingerprint density at radius 2 is 2.21 bits per heavy atom. The minimum Gasteiger partial charge on any atom is -0.351 e. The lowest BCUT2D eigenvalue weighted by Gasteiger charge is -2.07. The molecule has 124 valence electrons. The highest BCUT2D eigenvalue weighted by Crippen LogP contribution is 2.30. The Morgan fingerprint density at radius 3 is 3.08 bits per heavy atom. The van der Waals surface area contributed by atoms with Gasteiger partial charge in [0.2, 0.25) is 0 Å². The van der Waals surface area contributed by atoms with Crippen LogP contribution in [0.4, 0.5) is 0 Å². The van der Waals surface area contributed by atoms with Crippen LogP contribution in [0, 0.1) is 6.92 Å². The van der Waals surface area contributed by atoms with Crippen LogP contribution in [0.15, 0.2) is 30.3 Å². The fourth-order valence-electron chi connectivity index (χ4n) is 3.45. The standard InChI is InChI=1S/C19H21N3OS/c1-13-21-15-7-2-3-8-16(15)22(13)11-5-10-20-19(23)18-12-14-6-4-9-17(14)24-18/h2-3,7-8,12H,4-6,9-11H2,1H3,(H,20,23). The number of rotatable bonds is 5. The number of hydrogen-bond acceptors (Lipinski definition) is 3. The second kappa shape index (κ2) is 6.40. The smallest absolute Gasteiger partial charge is 0.261 e. The fraction of sp³-hybridized carbons (Fsp3) is 0.368. The van der Waals surface area contributed by atoms with Crippen molar-refractivity contribution < 1.29 is 4.79 Å². The number of thiophene rings is 1. The average molecular weight is 339 g/mol. The number of nitrogens with zero attached hydrogens (tertiary/aromatic N) is 2. The molecule has 0 saturated heterocycles. The maximum atomic E-state index is 12.3. The summed E-state index contributed by atoms with van der Waals surface area (Å²) >= 11 is 1.66. The normalized spacial score (nSPS) is 13.4. The van der Waals surface area contributed by atoms with Crippen molar-refractivity contribution in [2.75, 3.05) is 6.54 Å². The first-order chi connectivity index (χ1) is 11.7. The Bertz CT molecular complexity index is 872. The number of carbonyl (C=O) groups is 1. The number of amides is 1. The number of aromatic nitrogens is 2. The molecule has 4 nitrogen and oxygen atoms in total. The summed E-state index contributed by atoms with van der Waals surface area (Å²) in [5.41, 5.74) is 3.58. The van der Waals surface area contributed by atoms with E-state index in [0.717, 1.165) is 47.5 Å². The number of para-hydroxylation sites is 2. The van der Waals surface area contributed by atoms with E-state index in [2.05, 4.69) is 27.0 Å². The molecule has 1 aliphatic rings. The quantitative estimate of drug-likeness (QED) is 0.720. The monoisotopic (exact) mass is 339 g/mol. The third-order valence-electron chi connectivity index (χ3n) is 4.66. The lowest BCUT2D eigenvalue weighted by molar-refractivity contribution is 0.0956. The first kappa shape index (κ1) is 15.4. The summed E-state index contributed by atoms with van der Waals surface area (Å²) in [6.07, 6.45) is 4.41. The molecule has 1 aliphatic carbocycles. The molecule has 2 heterocycles. The van der Waals surface area contributed by atoms with E-state index in [-0.39, 0.29) is 5.91 Å². The van der Waals surface area contributed by atoms with Gasteiger partial charge in [0.1, 0.15) is 5.82 Å². The molecule has 0 saturated carbocycles. The van der Waals surface area contributed by atoms with Crippen LogP contribution in [0.3, 0.4) is 0 Å². The highest BCUT2D eigenvalue weighted by molar-refractivity contribution is 7.14. The lowest BCUT2D eigenvalue weighted by Crippen LogP contribution is -2.24. The van der Waals surface area contributed by atoms with Gasteiger partial charge in [0.05, 0.1) is 15.9 Å². The second-order valence-corrected chi connectivity index (χ2v) is 7.46. The maximum Gasteiger partial charge on any atom is 0.261 e. The molecule has 0 radical (unpaired) electrons. The van der Waals surface area contributed by atoms with Gasteiger partial charge in [-0.25, -0.2) is 4.98 Å². The number of benzene rings is 1. The van der Waals surface area contributed by atoms with Crippen molar-refractivity contribution >= 4 is 28.3 Å². The zero-order chi connectivity index (χ0) is 16.5. The molecule has 5 heteroatoms. The molecular weight excluding hydrogens is 318 g/mol. The van der Waals surface area contributed by atoms with Gasteiger partial charge in [-0.2, -0.15) is 0 Å². The Morgan fingerprint density at radius 1 is 1.33 bits per heavy atom. The predicted molar refractivity (Wildman–Crippen MR) is 97.8 cm³/mol. The summed E-state index contributed by atoms with van der Waals surface area (Å²) in [5, 5.41) is 3.06. The van der Waals surface area contributed by atoms with Crippen molar-refractivity contribution in [2.45, 2.75) is 39.2 Å². The fourth-order valence-corrected chi connectivity index (χ4v) is 4.62. The van der Waals surface area contributed by atoms with Gasteiger partial charge >= 0.3 is 0 Å². The van der Waals surface area contributed by atoms with Gasteiger partial charge < -0.3 is 9.88 Å². The van der Waals surface area contributed by atoms with Crippen molar-refractivity contribution in [1.82, 2.24) is 14.9 Å². The molecule has 1 N–H and O–H groups in total. The molecule has 0 aliphatic heterocycles. The number of hydrogen-bond donors (Lipinski definition) is 1. The average Bonchev–Trinajstić information content (AvgIpc) is 3.24. The minimum absolute atomic E-state index is 0.0709. The first-order valence-corrected chi connectivity index (χ1v) is 9.35. The Labute approximate surface area is 145 Å². The van der Waals surface area contributed by atoms with Crippen LogP contribution in [0.25, 0.3) is 11.0 Å². The molecule has 0 atom stereocenters. The van der Waals surface area contributed by atoms with E-state index in [9.17, 15) is 4.79 Å². The van der Waals surface area contributed by atoms with Crippen LogP contribution in [0.1, 0.15) is 38.8 Å². The van der Waals surface area contributed by atoms with Crippen molar-refractivity contribution in [3.05, 3.63) is 51.5 Å². The van der Waals surface area contributed by atoms with Crippen LogP contribution in [-0.4, -0.2) is 22.0 Å². The number of nitrogens with one attached hydrogen (secondary N) is 1. The van der Waals surface area contributed by atoms with Gasteiger partial charge in [0, 0.05) is 18.0 Å². The summed E-state index contributed by atoms with van der Waals surface area (Å²) in [6, 6.07) is 10.3. The zero-order valence-electron chi connectivity index (χ0n) is 13.8. The molecule has 2 aromatic heterocycles. The minimum atomic E-state index is 0.0709. The molecular formula is C19H21N3OS. The van der Waals surface area contributed by atoms with E-state index < -0.39 is 0 Å². The summed E-state index contributed by atoms with van der Waals surface area (Å²) < 4.78 is 2.22. The molecule has 1 amide bonds. The number of fused-ring (bicyclic) bond motifs is 2. The van der Waals surface area contributed by atoms with E-state index in [1.807, 2.05) is 25.1 Å². The van der Waals surface area contributed by atoms with E-state index in [1.165, 1.54) is 16.9 Å². The molecule has 0 spiro atoms. The number of carbonyl (C=O) groups excluding carboxylic acids is 1. The Balaban J connectivity index is 1.34. The summed E-state index contributed by atoms with van der Waals surface area (Å²) in [4.78, 5) is 19.1. The largest absolute Gasteiger partial charge is 0.351 e. The van der Waals surface area contributed by atoms with Gasteiger partial charge in [-0.15, -0.1) is 11.3 Å². The van der Waals surface area contributed by atoms with Gasteiger partial charge in [0.25, 0.3) is 5.91 Å². The van der Waals surface area contributed by atoms with E-state index in [1.54, 1.807) is 11.3 Å². The number of imidazole rings is 1. The third-order valence-corrected chi connectivity index (χ3v) is 5.90. The highest BCUT2D eigenvalue weighted by atomic mass is 32.1. The van der Waals surface area contributed by atoms with Crippen molar-refractivity contribution in [3.8, 4) is 0 Å². The molecule has 4 rings (SSSR count). The SMILES string of the molecule is Cc1nc2ccccc2n1CCCNC(=O)c1cc2c(s1)CCC2. The lowest BCUT2D eigenvalue weighted by atomic mass is 10.2. The predicted octanol–water partition coefficient (Wildman–Crippen LogP) is 3.72. The van der Waals surface area contributed by atoms with E-state index in [0.29, 0.717) is 6.54 Å². The zero-order valence-corrected chi connectivity index (χ0v) is 14.7.